The molecule has 1 fully saturated rings. The van der Waals surface area contributed by atoms with Crippen LogP contribution in [0.4, 0.5) is 13.2 Å². The van der Waals surface area contributed by atoms with Crippen LogP contribution < -0.4 is 10.5 Å². The molecule has 0 saturated carbocycles. The molecule has 0 bridgehead atoms. The van der Waals surface area contributed by atoms with E-state index in [9.17, 15) is 26.4 Å². The SMILES string of the molecule is NC(=O)c1sc2ccccc2c1[C@@H]1CN(S(=O)(=O)c2ccccc2OC(F)(F)F)CCO1. The molecule has 1 aliphatic heterocycles. The summed E-state index contributed by atoms with van der Waals surface area (Å²) < 4.78 is 76.3. The zero-order valence-corrected chi connectivity index (χ0v) is 18.0. The zero-order chi connectivity index (χ0) is 23.1. The van der Waals surface area contributed by atoms with Gasteiger partial charge in [-0.05, 0) is 23.6 Å². The lowest BCUT2D eigenvalue weighted by Gasteiger charge is -2.33. The summed E-state index contributed by atoms with van der Waals surface area (Å²) in [5, 5.41) is 0.705. The van der Waals surface area contributed by atoms with E-state index < -0.39 is 39.0 Å². The monoisotopic (exact) mass is 486 g/mol. The van der Waals surface area contributed by atoms with Gasteiger partial charge in [-0.1, -0.05) is 30.3 Å². The van der Waals surface area contributed by atoms with Gasteiger partial charge in [-0.2, -0.15) is 4.31 Å². The Balaban J connectivity index is 1.71. The number of hydrogen-bond acceptors (Lipinski definition) is 6. The number of para-hydroxylation sites is 1. The summed E-state index contributed by atoms with van der Waals surface area (Å²) in [6.07, 6.45) is -5.88. The highest BCUT2D eigenvalue weighted by atomic mass is 32.2. The van der Waals surface area contributed by atoms with Gasteiger partial charge in [-0.25, -0.2) is 8.42 Å². The molecule has 1 aliphatic rings. The van der Waals surface area contributed by atoms with Crippen molar-refractivity contribution in [2.24, 2.45) is 5.73 Å². The largest absolute Gasteiger partial charge is 0.573 e. The molecular weight excluding hydrogens is 469 g/mol. The fourth-order valence-corrected chi connectivity index (χ4v) is 6.24. The first-order chi connectivity index (χ1) is 15.1. The van der Waals surface area contributed by atoms with E-state index in [2.05, 4.69) is 4.74 Å². The molecule has 1 atom stereocenters. The van der Waals surface area contributed by atoms with E-state index in [1.54, 1.807) is 24.3 Å². The third-order valence-electron chi connectivity index (χ3n) is 4.90. The summed E-state index contributed by atoms with van der Waals surface area (Å²) in [7, 11) is -4.36. The van der Waals surface area contributed by atoms with Crippen molar-refractivity contribution in [1.82, 2.24) is 4.31 Å². The molecule has 2 N–H and O–H groups in total. The van der Waals surface area contributed by atoms with Crippen molar-refractivity contribution >= 4 is 37.4 Å². The Hall–Kier alpha value is -2.67. The Labute approximate surface area is 185 Å². The summed E-state index contributed by atoms with van der Waals surface area (Å²) in [5.41, 5.74) is 6.01. The number of rotatable bonds is 5. The van der Waals surface area contributed by atoms with Crippen LogP contribution >= 0.6 is 11.3 Å². The van der Waals surface area contributed by atoms with E-state index in [1.807, 2.05) is 0 Å². The number of nitrogens with zero attached hydrogens (tertiary/aromatic N) is 1. The van der Waals surface area contributed by atoms with Gasteiger partial charge in [0.15, 0.2) is 0 Å². The van der Waals surface area contributed by atoms with Crippen molar-refractivity contribution in [2.45, 2.75) is 17.4 Å². The van der Waals surface area contributed by atoms with E-state index in [0.29, 0.717) is 10.9 Å². The molecule has 1 saturated heterocycles. The van der Waals surface area contributed by atoms with Crippen molar-refractivity contribution in [3.8, 4) is 5.75 Å². The third kappa shape index (κ3) is 4.31. The summed E-state index contributed by atoms with van der Waals surface area (Å²) >= 11 is 1.17. The first-order valence-corrected chi connectivity index (χ1v) is 11.6. The number of halogens is 3. The highest BCUT2D eigenvalue weighted by Crippen LogP contribution is 2.39. The number of hydrogen-bond donors (Lipinski definition) is 1. The van der Waals surface area contributed by atoms with Crippen LogP contribution in [0.5, 0.6) is 5.75 Å². The molecule has 4 rings (SSSR count). The molecule has 0 radical (unpaired) electrons. The first kappa shape index (κ1) is 22.5. The summed E-state index contributed by atoms with van der Waals surface area (Å²) in [4.78, 5) is 11.7. The first-order valence-electron chi connectivity index (χ1n) is 9.35. The van der Waals surface area contributed by atoms with Gasteiger partial charge in [0, 0.05) is 23.4 Å². The Morgan fingerprint density at radius 3 is 2.56 bits per heavy atom. The number of carbonyl (C=O) groups excluding carboxylic acids is 1. The van der Waals surface area contributed by atoms with Crippen LogP contribution in [0.1, 0.15) is 21.3 Å². The summed E-state index contributed by atoms with van der Waals surface area (Å²) in [5.74, 6) is -1.49. The lowest BCUT2D eigenvalue weighted by atomic mass is 10.0. The standard InChI is InChI=1S/C20H17F3N2O5S2/c21-20(22,23)30-13-6-2-4-8-16(13)32(27,28)25-9-10-29-14(11-25)17-12-5-1-3-7-15(12)31-18(17)19(24)26/h1-8,14H,9-11H2,(H2,24,26)/t14-/m0/s1. The van der Waals surface area contributed by atoms with Crippen LogP contribution in [0.25, 0.3) is 10.1 Å². The van der Waals surface area contributed by atoms with Crippen molar-refractivity contribution in [2.75, 3.05) is 19.7 Å². The van der Waals surface area contributed by atoms with E-state index in [-0.39, 0.29) is 24.6 Å². The number of sulfonamides is 1. The molecule has 1 amide bonds. The molecule has 7 nitrogen and oxygen atoms in total. The molecular formula is C20H17F3N2O5S2. The average Bonchev–Trinajstić information content (AvgIpc) is 3.13. The number of nitrogens with two attached hydrogens (primary N) is 1. The molecule has 2 heterocycles. The number of primary amides is 1. The maximum Gasteiger partial charge on any atom is 0.573 e. The lowest BCUT2D eigenvalue weighted by Crippen LogP contribution is -2.42. The molecule has 0 unspecified atom stereocenters. The zero-order valence-electron chi connectivity index (χ0n) is 16.3. The van der Waals surface area contributed by atoms with Gasteiger partial charge in [0.1, 0.15) is 10.6 Å². The smallest absolute Gasteiger partial charge is 0.404 e. The summed E-state index contributed by atoms with van der Waals surface area (Å²) in [6, 6.07) is 11.7. The number of fused-ring (bicyclic) bond motifs is 1. The molecule has 0 spiro atoms. The Kier molecular flexibility index (Phi) is 5.88. The lowest BCUT2D eigenvalue weighted by molar-refractivity contribution is -0.275. The summed E-state index contributed by atoms with van der Waals surface area (Å²) in [6.45, 7) is -0.300. The number of carbonyl (C=O) groups is 1. The number of benzene rings is 2. The minimum absolute atomic E-state index is 0.0193. The normalized spacial score (nSPS) is 18.0. The van der Waals surface area contributed by atoms with Crippen LogP contribution in [0, 0.1) is 0 Å². The minimum atomic E-state index is -5.05. The second-order valence-electron chi connectivity index (χ2n) is 6.92. The molecule has 3 aromatic rings. The van der Waals surface area contributed by atoms with Gasteiger partial charge in [0.25, 0.3) is 5.91 Å². The van der Waals surface area contributed by atoms with Crippen LogP contribution in [0.2, 0.25) is 0 Å². The molecule has 32 heavy (non-hydrogen) atoms. The van der Waals surface area contributed by atoms with Crippen LogP contribution in [-0.4, -0.2) is 44.7 Å². The van der Waals surface area contributed by atoms with Crippen molar-refractivity contribution in [3.05, 3.63) is 59.0 Å². The highest BCUT2D eigenvalue weighted by molar-refractivity contribution is 7.89. The number of morpholine rings is 1. The Morgan fingerprint density at radius 1 is 1.16 bits per heavy atom. The Bertz CT molecular complexity index is 1270. The van der Waals surface area contributed by atoms with Gasteiger partial charge in [-0.15, -0.1) is 24.5 Å². The highest BCUT2D eigenvalue weighted by Gasteiger charge is 2.38. The quantitative estimate of drug-likeness (QED) is 0.594. The minimum Gasteiger partial charge on any atom is -0.404 e. The molecule has 170 valence electrons. The number of alkyl halides is 3. The van der Waals surface area contributed by atoms with Crippen molar-refractivity contribution in [1.29, 1.82) is 0 Å². The Morgan fingerprint density at radius 2 is 1.84 bits per heavy atom. The van der Waals surface area contributed by atoms with Gasteiger partial charge in [0.05, 0.1) is 17.6 Å². The predicted molar refractivity (Wildman–Crippen MR) is 111 cm³/mol. The van der Waals surface area contributed by atoms with Gasteiger partial charge in [-0.3, -0.25) is 4.79 Å². The number of thiophene rings is 1. The molecule has 0 aliphatic carbocycles. The van der Waals surface area contributed by atoms with Gasteiger partial charge in [0.2, 0.25) is 10.0 Å². The van der Waals surface area contributed by atoms with Gasteiger partial charge >= 0.3 is 6.36 Å². The molecule has 1 aromatic heterocycles. The maximum absolute atomic E-state index is 13.2. The fourth-order valence-electron chi connectivity index (χ4n) is 3.60. The molecule has 12 heteroatoms. The second-order valence-corrected chi connectivity index (χ2v) is 9.88. The second kappa shape index (κ2) is 8.35. The fraction of sp³-hybridized carbons (Fsp3) is 0.250. The maximum atomic E-state index is 13.2. The number of ether oxygens (including phenoxy) is 2. The van der Waals surface area contributed by atoms with Crippen LogP contribution in [0.15, 0.2) is 53.4 Å². The van der Waals surface area contributed by atoms with E-state index in [4.69, 9.17) is 10.5 Å². The van der Waals surface area contributed by atoms with Crippen LogP contribution in [-0.2, 0) is 14.8 Å². The topological polar surface area (TPSA) is 98.9 Å². The van der Waals surface area contributed by atoms with Gasteiger partial charge < -0.3 is 15.2 Å². The van der Waals surface area contributed by atoms with E-state index >= 15 is 0 Å². The van der Waals surface area contributed by atoms with Crippen molar-refractivity contribution < 1.29 is 35.9 Å². The van der Waals surface area contributed by atoms with Crippen LogP contribution in [0.3, 0.4) is 0 Å². The molecule has 2 aromatic carbocycles. The predicted octanol–water partition coefficient (Wildman–Crippen LogP) is 3.66. The van der Waals surface area contributed by atoms with E-state index in [1.165, 1.54) is 23.5 Å². The number of amides is 1. The van der Waals surface area contributed by atoms with Crippen molar-refractivity contribution in [3.63, 3.8) is 0 Å². The third-order valence-corrected chi connectivity index (χ3v) is 8.01. The average molecular weight is 486 g/mol. The van der Waals surface area contributed by atoms with E-state index in [0.717, 1.165) is 21.1 Å².